The van der Waals surface area contributed by atoms with Crippen LogP contribution in [-0.4, -0.2) is 21.6 Å². The minimum atomic E-state index is -1.26. The fourth-order valence-corrected chi connectivity index (χ4v) is 7.26. The number of phenolic OH excluding ortho intramolecular Hbond substituents is 2. The zero-order valence-electron chi connectivity index (χ0n) is 26.1. The highest BCUT2D eigenvalue weighted by atomic mass is 35.5. The molecule has 2 N–H and O–H groups in total. The summed E-state index contributed by atoms with van der Waals surface area (Å²) in [6.45, 7) is 2.27. The van der Waals surface area contributed by atoms with Gasteiger partial charge in [-0.05, 0) is 42.7 Å². The molecule has 2 aliphatic rings. The number of aromatic hydroxyl groups is 2. The average molecular weight is 619 g/mol. The van der Waals surface area contributed by atoms with Crippen LogP contribution in [-0.2, 0) is 16.8 Å². The molecule has 6 heteroatoms. The number of benzene rings is 3. The van der Waals surface area contributed by atoms with E-state index < -0.39 is 11.6 Å². The first-order valence-corrected chi connectivity index (χ1v) is 17.2. The van der Waals surface area contributed by atoms with E-state index in [1.54, 1.807) is 30.3 Å². The number of carbonyl (C=O) groups is 1. The molecule has 0 aliphatic carbocycles. The molecule has 0 saturated heterocycles. The van der Waals surface area contributed by atoms with Gasteiger partial charge in [0.05, 0.1) is 11.1 Å². The van der Waals surface area contributed by atoms with Gasteiger partial charge in [-0.3, -0.25) is 0 Å². The smallest absolute Gasteiger partial charge is 0.340 e. The number of fused-ring (bicyclic) bond motifs is 6. The lowest BCUT2D eigenvalue weighted by atomic mass is 9.75. The highest BCUT2D eigenvalue weighted by molar-refractivity contribution is 6.20. The molecule has 2 atom stereocenters. The van der Waals surface area contributed by atoms with Gasteiger partial charge in [0.25, 0.3) is 0 Å². The number of carbonyl (C=O) groups excluding carboxylic acids is 1. The molecular formula is C38H47ClO5. The standard InChI is InChI=1S/C38H47ClO5/c1-2-3-4-5-6-7-8-9-10-11-12-13-14-15-18-28(39)23-27-24-30(41)26-35-36(27)38(33-22-21-29(40)25-34(33)43-35)32-20-17-16-19-31(32)37(42)44-38/h16-17,19-22,24-26,28,40-41H,2-15,18,23H2,1H3. The third-order valence-corrected chi connectivity index (χ3v) is 9.54. The number of hydrogen-bond donors (Lipinski definition) is 2. The van der Waals surface area contributed by atoms with E-state index >= 15 is 0 Å². The van der Waals surface area contributed by atoms with Crippen LogP contribution in [0.1, 0.15) is 136 Å². The van der Waals surface area contributed by atoms with E-state index in [9.17, 15) is 15.0 Å². The number of halogens is 1. The Labute approximate surface area is 267 Å². The topological polar surface area (TPSA) is 76.0 Å². The Bertz CT molecular complexity index is 1420. The van der Waals surface area contributed by atoms with Gasteiger partial charge in [0.1, 0.15) is 23.0 Å². The molecule has 0 saturated carbocycles. The zero-order valence-corrected chi connectivity index (χ0v) is 26.8. The van der Waals surface area contributed by atoms with Gasteiger partial charge >= 0.3 is 5.97 Å². The van der Waals surface area contributed by atoms with Crippen LogP contribution in [0.15, 0.2) is 54.6 Å². The normalized spacial score (nSPS) is 17.1. The molecule has 44 heavy (non-hydrogen) atoms. The first-order valence-electron chi connectivity index (χ1n) is 16.8. The maximum Gasteiger partial charge on any atom is 0.340 e. The molecule has 0 radical (unpaired) electrons. The summed E-state index contributed by atoms with van der Waals surface area (Å²) < 4.78 is 12.5. The van der Waals surface area contributed by atoms with Gasteiger partial charge in [0.15, 0.2) is 5.60 Å². The molecule has 5 nitrogen and oxygen atoms in total. The van der Waals surface area contributed by atoms with Crippen molar-refractivity contribution in [1.29, 1.82) is 0 Å². The Morgan fingerprint density at radius 2 is 1.34 bits per heavy atom. The number of ether oxygens (including phenoxy) is 2. The number of esters is 1. The van der Waals surface area contributed by atoms with E-state index in [1.165, 1.54) is 83.1 Å². The second kappa shape index (κ2) is 15.2. The largest absolute Gasteiger partial charge is 0.508 e. The lowest BCUT2D eigenvalue weighted by molar-refractivity contribution is 0.0221. The predicted octanol–water partition coefficient (Wildman–Crippen LogP) is 10.7. The lowest BCUT2D eigenvalue weighted by Gasteiger charge is -2.38. The monoisotopic (exact) mass is 618 g/mol. The third-order valence-electron chi connectivity index (χ3n) is 9.17. The van der Waals surface area contributed by atoms with Crippen LogP contribution in [0.4, 0.5) is 0 Å². The van der Waals surface area contributed by atoms with Crippen molar-refractivity contribution in [3.05, 3.63) is 82.4 Å². The Kier molecular flexibility index (Phi) is 11.1. The number of rotatable bonds is 17. The number of alkyl halides is 1. The van der Waals surface area contributed by atoms with Crippen LogP contribution >= 0.6 is 11.6 Å². The molecule has 0 aromatic heterocycles. The Balaban J connectivity index is 1.19. The van der Waals surface area contributed by atoms with E-state index in [0.29, 0.717) is 40.2 Å². The minimum absolute atomic E-state index is 0.0364. The highest BCUT2D eigenvalue weighted by Crippen LogP contribution is 2.58. The second-order valence-electron chi connectivity index (χ2n) is 12.6. The summed E-state index contributed by atoms with van der Waals surface area (Å²) in [5.74, 6) is 0.437. The molecular weight excluding hydrogens is 572 g/mol. The van der Waals surface area contributed by atoms with Gasteiger partial charge in [-0.2, -0.15) is 0 Å². The van der Waals surface area contributed by atoms with E-state index in [-0.39, 0.29) is 16.9 Å². The van der Waals surface area contributed by atoms with Crippen LogP contribution in [0.2, 0.25) is 0 Å². The quantitative estimate of drug-likeness (QED) is 0.0894. The van der Waals surface area contributed by atoms with Gasteiger partial charge in [-0.1, -0.05) is 115 Å². The Morgan fingerprint density at radius 1 is 0.727 bits per heavy atom. The molecule has 3 aromatic carbocycles. The van der Waals surface area contributed by atoms with Crippen molar-refractivity contribution in [2.45, 2.75) is 121 Å². The molecule has 236 valence electrons. The van der Waals surface area contributed by atoms with Gasteiger partial charge in [0.2, 0.25) is 0 Å². The molecule has 2 unspecified atom stereocenters. The molecule has 2 aliphatic heterocycles. The molecule has 3 aromatic rings. The van der Waals surface area contributed by atoms with Crippen molar-refractivity contribution in [3.63, 3.8) is 0 Å². The van der Waals surface area contributed by atoms with Crippen LogP contribution in [0, 0.1) is 0 Å². The summed E-state index contributed by atoms with van der Waals surface area (Å²) in [6, 6.07) is 15.5. The maximum absolute atomic E-state index is 13.2. The number of unbranched alkanes of at least 4 members (excludes halogenated alkanes) is 13. The molecule has 0 fully saturated rings. The van der Waals surface area contributed by atoms with Crippen molar-refractivity contribution < 1.29 is 24.5 Å². The zero-order chi connectivity index (χ0) is 30.9. The SMILES string of the molecule is CCCCCCCCCCCCCCCCC(Cl)Cc1cc(O)cc2c1C1(OC(=O)c3ccccc31)c1ccc(O)cc1O2. The fraction of sp³-hybridized carbons (Fsp3) is 0.500. The highest BCUT2D eigenvalue weighted by Gasteiger charge is 2.54. The number of hydrogen-bond acceptors (Lipinski definition) is 5. The van der Waals surface area contributed by atoms with Crippen LogP contribution in [0.5, 0.6) is 23.0 Å². The Hall–Kier alpha value is -3.18. The summed E-state index contributed by atoms with van der Waals surface area (Å²) in [4.78, 5) is 13.2. The van der Waals surface area contributed by atoms with Crippen molar-refractivity contribution >= 4 is 17.6 Å². The van der Waals surface area contributed by atoms with E-state index in [4.69, 9.17) is 21.1 Å². The molecule has 5 rings (SSSR count). The average Bonchev–Trinajstić information content (AvgIpc) is 3.29. The van der Waals surface area contributed by atoms with Crippen molar-refractivity contribution in [3.8, 4) is 23.0 Å². The van der Waals surface area contributed by atoms with Crippen LogP contribution in [0.3, 0.4) is 0 Å². The molecule has 2 heterocycles. The predicted molar refractivity (Wildman–Crippen MR) is 176 cm³/mol. The van der Waals surface area contributed by atoms with Gasteiger partial charge < -0.3 is 19.7 Å². The summed E-state index contributed by atoms with van der Waals surface area (Å²) in [5.41, 5.74) is 2.03. The third kappa shape index (κ3) is 7.20. The summed E-state index contributed by atoms with van der Waals surface area (Å²) in [6.07, 6.45) is 19.8. The molecule has 1 spiro atoms. The maximum atomic E-state index is 13.2. The molecule has 0 bridgehead atoms. The second-order valence-corrected chi connectivity index (χ2v) is 13.2. The van der Waals surface area contributed by atoms with E-state index in [0.717, 1.165) is 24.8 Å². The minimum Gasteiger partial charge on any atom is -0.508 e. The first-order chi connectivity index (χ1) is 21.4. The van der Waals surface area contributed by atoms with Crippen molar-refractivity contribution in [1.82, 2.24) is 0 Å². The summed E-state index contributed by atoms with van der Waals surface area (Å²) >= 11 is 6.94. The van der Waals surface area contributed by atoms with E-state index in [2.05, 4.69) is 6.92 Å². The fourth-order valence-electron chi connectivity index (χ4n) is 6.94. The van der Waals surface area contributed by atoms with Crippen LogP contribution < -0.4 is 4.74 Å². The first kappa shape index (κ1) is 32.2. The van der Waals surface area contributed by atoms with Crippen molar-refractivity contribution in [2.75, 3.05) is 0 Å². The summed E-state index contributed by atoms with van der Waals surface area (Å²) in [5, 5.41) is 20.8. The molecule has 0 amide bonds. The van der Waals surface area contributed by atoms with Crippen LogP contribution in [0.25, 0.3) is 0 Å². The van der Waals surface area contributed by atoms with E-state index in [1.807, 2.05) is 18.2 Å². The summed E-state index contributed by atoms with van der Waals surface area (Å²) in [7, 11) is 0. The van der Waals surface area contributed by atoms with Gasteiger partial charge in [-0.25, -0.2) is 4.79 Å². The van der Waals surface area contributed by atoms with Gasteiger partial charge in [0, 0.05) is 28.6 Å². The number of phenols is 2. The Morgan fingerprint density at radius 3 is 2.02 bits per heavy atom. The van der Waals surface area contributed by atoms with Crippen molar-refractivity contribution in [2.24, 2.45) is 0 Å². The van der Waals surface area contributed by atoms with Gasteiger partial charge in [-0.15, -0.1) is 11.6 Å². The lowest BCUT2D eigenvalue weighted by Crippen LogP contribution is -2.34.